The number of hydrogen-bond acceptors (Lipinski definition) is 3. The van der Waals surface area contributed by atoms with Gasteiger partial charge in [-0.1, -0.05) is 29.8 Å². The lowest BCUT2D eigenvalue weighted by atomic mass is 10.1. The lowest BCUT2D eigenvalue weighted by Gasteiger charge is -2.21. The molecule has 6 heteroatoms. The molecule has 6 nitrogen and oxygen atoms in total. The van der Waals surface area contributed by atoms with Crippen LogP contribution in [0.5, 0.6) is 0 Å². The molecule has 0 aliphatic heterocycles. The van der Waals surface area contributed by atoms with Crippen LogP contribution in [0.4, 0.5) is 0 Å². The molecule has 0 aliphatic rings. The molecule has 0 bridgehead atoms. The zero-order valence-corrected chi connectivity index (χ0v) is 15.7. The number of guanidine groups is 1. The van der Waals surface area contributed by atoms with Crippen LogP contribution in [0, 0.1) is 6.92 Å². The summed E-state index contributed by atoms with van der Waals surface area (Å²) in [6, 6.07) is 12.4. The Morgan fingerprint density at radius 1 is 1.27 bits per heavy atom. The van der Waals surface area contributed by atoms with Gasteiger partial charge in [-0.15, -0.1) is 0 Å². The predicted molar refractivity (Wildman–Crippen MR) is 104 cm³/mol. The molecule has 3 rings (SSSR count). The first-order chi connectivity index (χ1) is 12.6. The van der Waals surface area contributed by atoms with Gasteiger partial charge < -0.3 is 19.2 Å². The molecule has 0 spiro atoms. The van der Waals surface area contributed by atoms with Crippen molar-refractivity contribution >= 4 is 5.96 Å². The summed E-state index contributed by atoms with van der Waals surface area (Å²) in [4.78, 5) is 10.8. The van der Waals surface area contributed by atoms with Crippen LogP contribution in [-0.4, -0.2) is 34.5 Å². The maximum absolute atomic E-state index is 5.86. The minimum atomic E-state index is 0.482. The Kier molecular flexibility index (Phi) is 5.41. The summed E-state index contributed by atoms with van der Waals surface area (Å²) in [5, 5.41) is 3.30. The number of rotatable bonds is 5. The molecule has 0 atom stereocenters. The molecule has 0 aliphatic carbocycles. The van der Waals surface area contributed by atoms with Crippen LogP contribution in [0.25, 0.3) is 11.3 Å². The first kappa shape index (κ1) is 17.8. The van der Waals surface area contributed by atoms with Gasteiger partial charge in [0, 0.05) is 38.6 Å². The number of hydrogen-bond donors (Lipinski definition) is 1. The molecule has 2 aromatic heterocycles. The van der Waals surface area contributed by atoms with Crippen LogP contribution in [0.1, 0.15) is 17.1 Å². The van der Waals surface area contributed by atoms with Crippen molar-refractivity contribution in [3.8, 4) is 11.3 Å². The molecule has 1 N–H and O–H groups in total. The standard InChI is InChI=1S/C20H25N5O/c1-15-7-9-16(10-8-15)18-12-22-19(26-18)13-23-20(21-2)25(4)14-17-6-5-11-24(17)3/h5-12H,13-14H2,1-4H3,(H,21,23). The van der Waals surface area contributed by atoms with Crippen molar-refractivity contribution in [1.82, 2.24) is 19.8 Å². The molecule has 0 saturated carbocycles. The van der Waals surface area contributed by atoms with Gasteiger partial charge >= 0.3 is 0 Å². The molecular weight excluding hydrogens is 326 g/mol. The van der Waals surface area contributed by atoms with E-state index < -0.39 is 0 Å². The normalized spacial score (nSPS) is 11.6. The van der Waals surface area contributed by atoms with Gasteiger partial charge in [-0.2, -0.15) is 0 Å². The number of aromatic nitrogens is 2. The Bertz CT molecular complexity index is 876. The summed E-state index contributed by atoms with van der Waals surface area (Å²) < 4.78 is 7.96. The van der Waals surface area contributed by atoms with Crippen molar-refractivity contribution < 1.29 is 4.42 Å². The third-order valence-electron chi connectivity index (χ3n) is 4.31. The highest BCUT2D eigenvalue weighted by atomic mass is 16.4. The summed E-state index contributed by atoms with van der Waals surface area (Å²) in [6.45, 7) is 3.32. The van der Waals surface area contributed by atoms with E-state index in [0.717, 1.165) is 23.8 Å². The highest BCUT2D eigenvalue weighted by Gasteiger charge is 2.11. The SMILES string of the molecule is CN=C(NCc1ncc(-c2ccc(C)cc2)o1)N(C)Cc1cccn1C. The van der Waals surface area contributed by atoms with E-state index in [1.807, 2.05) is 38.5 Å². The van der Waals surface area contributed by atoms with E-state index >= 15 is 0 Å². The molecule has 0 saturated heterocycles. The number of benzene rings is 1. The average Bonchev–Trinajstić information content (AvgIpc) is 3.26. The number of nitrogens with zero attached hydrogens (tertiary/aromatic N) is 4. The Labute approximate surface area is 154 Å². The molecule has 26 heavy (non-hydrogen) atoms. The molecule has 0 unspecified atom stereocenters. The van der Waals surface area contributed by atoms with Crippen LogP contribution < -0.4 is 5.32 Å². The Balaban J connectivity index is 1.60. The zero-order valence-electron chi connectivity index (χ0n) is 15.7. The minimum absolute atomic E-state index is 0.482. The molecule has 1 aromatic carbocycles. The van der Waals surface area contributed by atoms with Crippen LogP contribution in [0.15, 0.2) is 58.2 Å². The molecule has 3 aromatic rings. The van der Waals surface area contributed by atoms with Gasteiger partial charge in [-0.25, -0.2) is 4.98 Å². The van der Waals surface area contributed by atoms with E-state index in [2.05, 4.69) is 49.9 Å². The zero-order chi connectivity index (χ0) is 18.5. The van der Waals surface area contributed by atoms with Gasteiger partial charge in [0.15, 0.2) is 11.7 Å². The Hall–Kier alpha value is -3.02. The van der Waals surface area contributed by atoms with Crippen LogP contribution in [0.3, 0.4) is 0 Å². The highest BCUT2D eigenvalue weighted by Crippen LogP contribution is 2.20. The van der Waals surface area contributed by atoms with Crippen molar-refractivity contribution in [2.24, 2.45) is 12.0 Å². The summed E-state index contributed by atoms with van der Waals surface area (Å²) >= 11 is 0. The minimum Gasteiger partial charge on any atom is -0.439 e. The van der Waals surface area contributed by atoms with Crippen molar-refractivity contribution in [1.29, 1.82) is 0 Å². The predicted octanol–water partition coefficient (Wildman–Crippen LogP) is 3.20. The van der Waals surface area contributed by atoms with Gasteiger partial charge in [0.1, 0.15) is 0 Å². The van der Waals surface area contributed by atoms with Crippen molar-refractivity contribution in [3.63, 3.8) is 0 Å². The van der Waals surface area contributed by atoms with E-state index in [-0.39, 0.29) is 0 Å². The first-order valence-corrected chi connectivity index (χ1v) is 8.60. The highest BCUT2D eigenvalue weighted by molar-refractivity contribution is 5.79. The topological polar surface area (TPSA) is 58.6 Å². The van der Waals surface area contributed by atoms with E-state index in [0.29, 0.717) is 12.4 Å². The fourth-order valence-electron chi connectivity index (χ4n) is 2.76. The summed E-state index contributed by atoms with van der Waals surface area (Å²) in [5.41, 5.74) is 3.47. The van der Waals surface area contributed by atoms with Crippen LogP contribution in [-0.2, 0) is 20.1 Å². The third kappa shape index (κ3) is 4.14. The second-order valence-corrected chi connectivity index (χ2v) is 6.35. The quantitative estimate of drug-likeness (QED) is 0.566. The largest absolute Gasteiger partial charge is 0.439 e. The average molecular weight is 351 g/mol. The second kappa shape index (κ2) is 7.91. The maximum Gasteiger partial charge on any atom is 0.214 e. The molecule has 2 heterocycles. The summed E-state index contributed by atoms with van der Waals surface area (Å²) in [5.74, 6) is 2.20. The maximum atomic E-state index is 5.86. The lowest BCUT2D eigenvalue weighted by molar-refractivity contribution is 0.447. The molecule has 0 amide bonds. The van der Waals surface area contributed by atoms with Gasteiger partial charge in [0.05, 0.1) is 19.3 Å². The monoisotopic (exact) mass is 351 g/mol. The van der Waals surface area contributed by atoms with E-state index in [1.165, 1.54) is 11.3 Å². The second-order valence-electron chi connectivity index (χ2n) is 6.35. The van der Waals surface area contributed by atoms with Gasteiger partial charge in [-0.3, -0.25) is 4.99 Å². The summed E-state index contributed by atoms with van der Waals surface area (Å²) in [7, 11) is 5.82. The smallest absolute Gasteiger partial charge is 0.214 e. The number of oxazole rings is 1. The van der Waals surface area contributed by atoms with Gasteiger partial charge in [0.25, 0.3) is 0 Å². The lowest BCUT2D eigenvalue weighted by Crippen LogP contribution is -2.38. The number of aryl methyl sites for hydroxylation is 2. The fourth-order valence-corrected chi connectivity index (χ4v) is 2.76. The Morgan fingerprint density at radius 3 is 2.69 bits per heavy atom. The number of aliphatic imine (C=N–C) groups is 1. The van der Waals surface area contributed by atoms with Crippen molar-refractivity contribution in [2.45, 2.75) is 20.0 Å². The van der Waals surface area contributed by atoms with Crippen molar-refractivity contribution in [2.75, 3.05) is 14.1 Å². The van der Waals surface area contributed by atoms with Crippen LogP contribution in [0.2, 0.25) is 0 Å². The summed E-state index contributed by atoms with van der Waals surface area (Å²) in [6.07, 6.45) is 3.80. The van der Waals surface area contributed by atoms with E-state index in [4.69, 9.17) is 4.42 Å². The molecular formula is C20H25N5O. The first-order valence-electron chi connectivity index (χ1n) is 8.60. The van der Waals surface area contributed by atoms with Crippen LogP contribution >= 0.6 is 0 Å². The fraction of sp³-hybridized carbons (Fsp3) is 0.300. The number of nitrogens with one attached hydrogen (secondary N) is 1. The van der Waals surface area contributed by atoms with Crippen molar-refractivity contribution in [3.05, 3.63) is 65.9 Å². The Morgan fingerprint density at radius 2 is 2.04 bits per heavy atom. The van der Waals surface area contributed by atoms with E-state index in [1.54, 1.807) is 13.2 Å². The molecule has 0 fully saturated rings. The molecule has 136 valence electrons. The van der Waals surface area contributed by atoms with Gasteiger partial charge in [0.2, 0.25) is 5.89 Å². The third-order valence-corrected chi connectivity index (χ3v) is 4.31. The molecule has 0 radical (unpaired) electrons. The van der Waals surface area contributed by atoms with Gasteiger partial charge in [-0.05, 0) is 19.1 Å². The van der Waals surface area contributed by atoms with E-state index in [9.17, 15) is 0 Å².